The highest BCUT2D eigenvalue weighted by Crippen LogP contribution is 2.15. The fourth-order valence-electron chi connectivity index (χ4n) is 1.61. The Morgan fingerprint density at radius 1 is 1.67 bits per heavy atom. The molecule has 0 bridgehead atoms. The monoisotopic (exact) mass is 170 g/mol. The number of azide groups is 1. The van der Waals surface area contributed by atoms with E-state index in [2.05, 4.69) is 14.9 Å². The molecular formula is C7H14N4O. The molecule has 0 saturated carbocycles. The molecule has 0 amide bonds. The van der Waals surface area contributed by atoms with Crippen molar-refractivity contribution in [1.29, 1.82) is 0 Å². The van der Waals surface area contributed by atoms with Gasteiger partial charge < -0.3 is 5.11 Å². The molecule has 1 N–H and O–H groups in total. The Balaban J connectivity index is 2.25. The summed E-state index contributed by atoms with van der Waals surface area (Å²) in [5.41, 5.74) is 8.05. The van der Waals surface area contributed by atoms with E-state index in [9.17, 15) is 0 Å². The van der Waals surface area contributed by atoms with Crippen molar-refractivity contribution in [2.45, 2.75) is 18.9 Å². The molecule has 12 heavy (non-hydrogen) atoms. The van der Waals surface area contributed by atoms with Gasteiger partial charge in [-0.1, -0.05) is 5.11 Å². The molecule has 0 aromatic heterocycles. The number of hydrogen-bond donors (Lipinski definition) is 1. The molecule has 1 unspecified atom stereocenters. The number of aliphatic hydroxyl groups is 1. The molecule has 1 atom stereocenters. The van der Waals surface area contributed by atoms with E-state index >= 15 is 0 Å². The molecule has 1 aliphatic heterocycles. The van der Waals surface area contributed by atoms with Crippen molar-refractivity contribution >= 4 is 0 Å². The minimum absolute atomic E-state index is 0.219. The van der Waals surface area contributed by atoms with Crippen molar-refractivity contribution in [3.8, 4) is 0 Å². The van der Waals surface area contributed by atoms with Gasteiger partial charge in [-0.25, -0.2) is 0 Å². The van der Waals surface area contributed by atoms with Crippen LogP contribution in [0, 0.1) is 0 Å². The van der Waals surface area contributed by atoms with Crippen LogP contribution in [0.3, 0.4) is 0 Å². The lowest BCUT2D eigenvalue weighted by Crippen LogP contribution is -2.34. The third-order valence-corrected chi connectivity index (χ3v) is 2.26. The molecule has 0 aromatic rings. The number of hydrogen-bond acceptors (Lipinski definition) is 3. The Morgan fingerprint density at radius 2 is 2.50 bits per heavy atom. The molecule has 1 fully saturated rings. The van der Waals surface area contributed by atoms with E-state index in [4.69, 9.17) is 10.6 Å². The van der Waals surface area contributed by atoms with Crippen LogP contribution in [-0.4, -0.2) is 42.3 Å². The lowest BCUT2D eigenvalue weighted by Gasteiger charge is -2.21. The third kappa shape index (κ3) is 2.37. The molecule has 5 heteroatoms. The molecule has 1 saturated heterocycles. The van der Waals surface area contributed by atoms with Gasteiger partial charge in [0.25, 0.3) is 0 Å². The summed E-state index contributed by atoms with van der Waals surface area (Å²) in [5.74, 6) is 0. The van der Waals surface area contributed by atoms with Gasteiger partial charge in [-0.15, -0.1) is 0 Å². The first kappa shape index (κ1) is 9.32. The van der Waals surface area contributed by atoms with Crippen LogP contribution in [0.15, 0.2) is 5.11 Å². The summed E-state index contributed by atoms with van der Waals surface area (Å²) in [4.78, 5) is 4.86. The lowest BCUT2D eigenvalue weighted by molar-refractivity contribution is 0.162. The fourth-order valence-corrected chi connectivity index (χ4v) is 1.61. The Kier molecular flexibility index (Phi) is 3.87. The van der Waals surface area contributed by atoms with Crippen LogP contribution in [-0.2, 0) is 0 Å². The van der Waals surface area contributed by atoms with E-state index in [0.29, 0.717) is 12.6 Å². The number of nitrogens with zero attached hydrogens (tertiary/aromatic N) is 4. The van der Waals surface area contributed by atoms with Gasteiger partial charge in [-0.2, -0.15) is 0 Å². The van der Waals surface area contributed by atoms with Crippen molar-refractivity contribution in [1.82, 2.24) is 4.90 Å². The predicted molar refractivity (Wildman–Crippen MR) is 45.7 cm³/mol. The highest BCUT2D eigenvalue weighted by Gasteiger charge is 2.22. The van der Waals surface area contributed by atoms with E-state index in [0.717, 1.165) is 25.9 Å². The van der Waals surface area contributed by atoms with Crippen LogP contribution < -0.4 is 0 Å². The fraction of sp³-hybridized carbons (Fsp3) is 1.00. The number of rotatable bonds is 4. The zero-order chi connectivity index (χ0) is 8.81. The molecule has 1 aliphatic rings. The zero-order valence-corrected chi connectivity index (χ0v) is 7.06. The van der Waals surface area contributed by atoms with Gasteiger partial charge in [0.2, 0.25) is 0 Å². The quantitative estimate of drug-likeness (QED) is 0.384. The minimum atomic E-state index is 0.219. The Hall–Kier alpha value is -0.770. The van der Waals surface area contributed by atoms with Gasteiger partial charge in [-0.05, 0) is 24.9 Å². The largest absolute Gasteiger partial charge is 0.395 e. The molecule has 1 rings (SSSR count). The van der Waals surface area contributed by atoms with Crippen molar-refractivity contribution in [3.63, 3.8) is 0 Å². The average Bonchev–Trinajstić information content (AvgIpc) is 2.52. The normalized spacial score (nSPS) is 23.9. The van der Waals surface area contributed by atoms with E-state index in [1.54, 1.807) is 0 Å². The van der Waals surface area contributed by atoms with Crippen LogP contribution in [0.1, 0.15) is 12.8 Å². The Bertz CT molecular complexity index is 178. The van der Waals surface area contributed by atoms with Crippen LogP contribution in [0.25, 0.3) is 10.4 Å². The summed E-state index contributed by atoms with van der Waals surface area (Å²) in [7, 11) is 0. The summed E-state index contributed by atoms with van der Waals surface area (Å²) >= 11 is 0. The molecule has 0 spiro atoms. The third-order valence-electron chi connectivity index (χ3n) is 2.26. The van der Waals surface area contributed by atoms with E-state index < -0.39 is 0 Å². The molecule has 0 radical (unpaired) electrons. The highest BCUT2D eigenvalue weighted by atomic mass is 16.3. The molecule has 68 valence electrons. The van der Waals surface area contributed by atoms with E-state index in [1.807, 2.05) is 0 Å². The Labute approximate surface area is 71.6 Å². The summed E-state index contributed by atoms with van der Waals surface area (Å²) in [6, 6.07) is 0.291. The first-order valence-electron chi connectivity index (χ1n) is 4.24. The minimum Gasteiger partial charge on any atom is -0.395 e. The maximum absolute atomic E-state index is 8.95. The zero-order valence-electron chi connectivity index (χ0n) is 7.06. The second-order valence-electron chi connectivity index (χ2n) is 2.97. The molecule has 0 aromatic carbocycles. The number of aliphatic hydroxyl groups excluding tert-OH is 1. The first-order valence-corrected chi connectivity index (χ1v) is 4.24. The average molecular weight is 170 g/mol. The van der Waals surface area contributed by atoms with Crippen molar-refractivity contribution in [3.05, 3.63) is 10.4 Å². The van der Waals surface area contributed by atoms with E-state index in [1.165, 1.54) is 0 Å². The summed E-state index contributed by atoms with van der Waals surface area (Å²) in [5, 5.41) is 12.4. The predicted octanol–water partition coefficient (Wildman–Crippen LogP) is 0.753. The maximum atomic E-state index is 8.95. The van der Waals surface area contributed by atoms with Crippen molar-refractivity contribution in [2.24, 2.45) is 5.11 Å². The summed E-state index contributed by atoms with van der Waals surface area (Å²) < 4.78 is 0. The standard InChI is InChI=1S/C7H14N4O/c8-10-9-3-5-11-4-1-2-7(11)6-12/h7,12H,1-6H2. The van der Waals surface area contributed by atoms with Gasteiger partial charge in [0, 0.05) is 24.0 Å². The smallest absolute Gasteiger partial charge is 0.0586 e. The molecule has 5 nitrogen and oxygen atoms in total. The second-order valence-corrected chi connectivity index (χ2v) is 2.97. The van der Waals surface area contributed by atoms with Gasteiger partial charge in [-0.3, -0.25) is 4.90 Å². The van der Waals surface area contributed by atoms with Gasteiger partial charge in [0.1, 0.15) is 0 Å². The number of likely N-dealkylation sites (tertiary alicyclic amines) is 1. The Morgan fingerprint density at radius 3 is 3.17 bits per heavy atom. The van der Waals surface area contributed by atoms with Crippen LogP contribution in [0.5, 0.6) is 0 Å². The molecular weight excluding hydrogens is 156 g/mol. The van der Waals surface area contributed by atoms with Gasteiger partial charge in [0.05, 0.1) is 6.61 Å². The van der Waals surface area contributed by atoms with Crippen molar-refractivity contribution < 1.29 is 5.11 Å². The summed E-state index contributed by atoms with van der Waals surface area (Å²) in [6.45, 7) is 2.52. The lowest BCUT2D eigenvalue weighted by atomic mass is 10.2. The van der Waals surface area contributed by atoms with Crippen LogP contribution in [0.2, 0.25) is 0 Å². The van der Waals surface area contributed by atoms with Crippen LogP contribution >= 0.6 is 0 Å². The van der Waals surface area contributed by atoms with Gasteiger partial charge >= 0.3 is 0 Å². The van der Waals surface area contributed by atoms with E-state index in [-0.39, 0.29) is 6.61 Å². The van der Waals surface area contributed by atoms with Gasteiger partial charge in [0.15, 0.2) is 0 Å². The topological polar surface area (TPSA) is 72.2 Å². The molecule has 1 heterocycles. The molecule has 0 aliphatic carbocycles. The van der Waals surface area contributed by atoms with Crippen molar-refractivity contribution in [2.75, 3.05) is 26.2 Å². The summed E-state index contributed by atoms with van der Waals surface area (Å²) in [6.07, 6.45) is 2.20. The highest BCUT2D eigenvalue weighted by molar-refractivity contribution is 4.78. The first-order chi connectivity index (χ1) is 5.88. The maximum Gasteiger partial charge on any atom is 0.0586 e. The SMILES string of the molecule is [N-]=[N+]=NCCN1CCCC1CO. The second kappa shape index (κ2) is 4.98. The van der Waals surface area contributed by atoms with Crippen LogP contribution in [0.4, 0.5) is 0 Å².